The Morgan fingerprint density at radius 1 is 1.50 bits per heavy atom. The average Bonchev–Trinajstić information content (AvgIpc) is 2.28. The maximum Gasteiger partial charge on any atom is 0.262 e. The van der Waals surface area contributed by atoms with Gasteiger partial charge in [0, 0.05) is 6.07 Å². The first-order valence-electron chi connectivity index (χ1n) is 4.97. The lowest BCUT2D eigenvalue weighted by Crippen LogP contribution is -2.30. The van der Waals surface area contributed by atoms with Crippen molar-refractivity contribution >= 4 is 10.9 Å². The number of aromatic nitrogens is 2. The Morgan fingerprint density at radius 2 is 2.25 bits per heavy atom. The Kier molecular flexibility index (Phi) is 2.70. The largest absolute Gasteiger partial charge is 0.300 e. The summed E-state index contributed by atoms with van der Waals surface area (Å²) in [6.45, 7) is 1.85. The molecule has 2 aromatic rings. The van der Waals surface area contributed by atoms with Crippen LogP contribution in [-0.4, -0.2) is 16.6 Å². The zero-order chi connectivity index (χ0) is 11.7. The van der Waals surface area contributed by atoms with Crippen LogP contribution in [-0.2, 0) is 0 Å². The second-order valence-corrected chi connectivity index (χ2v) is 3.58. The summed E-state index contributed by atoms with van der Waals surface area (Å²) in [7, 11) is 1.76. The van der Waals surface area contributed by atoms with Gasteiger partial charge >= 0.3 is 0 Å². The first-order valence-corrected chi connectivity index (χ1v) is 4.97. The third kappa shape index (κ3) is 1.69. The van der Waals surface area contributed by atoms with Gasteiger partial charge in [0.25, 0.3) is 5.56 Å². The van der Waals surface area contributed by atoms with Crippen LogP contribution in [0.4, 0.5) is 4.39 Å². The first-order chi connectivity index (χ1) is 7.63. The number of rotatable bonds is 2. The van der Waals surface area contributed by atoms with Crippen LogP contribution in [0.2, 0.25) is 0 Å². The number of fused-ring (bicyclic) bond motifs is 1. The molecule has 0 aliphatic heterocycles. The van der Waals surface area contributed by atoms with E-state index in [0.717, 1.165) is 0 Å². The van der Waals surface area contributed by atoms with Crippen molar-refractivity contribution in [2.24, 2.45) is 0 Å². The molecule has 1 heterocycles. The molecule has 0 aliphatic rings. The van der Waals surface area contributed by atoms with Crippen molar-refractivity contribution in [3.8, 4) is 0 Å². The molecule has 2 rings (SSSR count). The van der Waals surface area contributed by atoms with Gasteiger partial charge in [-0.1, -0.05) is 0 Å². The average molecular weight is 221 g/mol. The van der Waals surface area contributed by atoms with E-state index in [2.05, 4.69) is 10.3 Å². The van der Waals surface area contributed by atoms with Gasteiger partial charge in [-0.05, 0) is 26.1 Å². The van der Waals surface area contributed by atoms with Crippen molar-refractivity contribution in [2.45, 2.75) is 13.1 Å². The second-order valence-electron chi connectivity index (χ2n) is 3.58. The molecule has 0 radical (unpaired) electrons. The molecular formula is C11H12FN3O. The summed E-state index contributed by atoms with van der Waals surface area (Å²) in [5, 5.41) is 3.37. The highest BCUT2D eigenvalue weighted by Crippen LogP contribution is 2.09. The molecule has 0 bridgehead atoms. The third-order valence-corrected chi connectivity index (χ3v) is 2.58. The van der Waals surface area contributed by atoms with Crippen LogP contribution in [0.5, 0.6) is 0 Å². The zero-order valence-electron chi connectivity index (χ0n) is 9.07. The van der Waals surface area contributed by atoms with Gasteiger partial charge < -0.3 is 5.32 Å². The summed E-state index contributed by atoms with van der Waals surface area (Å²) in [6.07, 6.45) is 1.28. The van der Waals surface area contributed by atoms with Gasteiger partial charge in [0.2, 0.25) is 0 Å². The van der Waals surface area contributed by atoms with E-state index in [0.29, 0.717) is 10.9 Å². The fraction of sp³-hybridized carbons (Fsp3) is 0.273. The second kappa shape index (κ2) is 4.02. The van der Waals surface area contributed by atoms with E-state index in [4.69, 9.17) is 0 Å². The van der Waals surface area contributed by atoms with E-state index >= 15 is 0 Å². The molecular weight excluding hydrogens is 209 g/mol. The Labute approximate surface area is 91.7 Å². The highest BCUT2D eigenvalue weighted by Gasteiger charge is 2.08. The fourth-order valence-electron chi connectivity index (χ4n) is 1.52. The van der Waals surface area contributed by atoms with Gasteiger partial charge in [0.05, 0.1) is 23.4 Å². The Morgan fingerprint density at radius 3 is 2.94 bits per heavy atom. The molecule has 84 valence electrons. The van der Waals surface area contributed by atoms with E-state index in [1.807, 2.05) is 6.92 Å². The molecule has 1 aromatic heterocycles. The van der Waals surface area contributed by atoms with Crippen molar-refractivity contribution in [1.29, 1.82) is 0 Å². The van der Waals surface area contributed by atoms with Gasteiger partial charge in [-0.15, -0.1) is 0 Å². The molecule has 4 nitrogen and oxygen atoms in total. The highest BCUT2D eigenvalue weighted by atomic mass is 19.1. The number of halogens is 1. The zero-order valence-corrected chi connectivity index (χ0v) is 9.07. The Balaban J connectivity index is 2.71. The topological polar surface area (TPSA) is 46.9 Å². The van der Waals surface area contributed by atoms with Crippen LogP contribution in [0.3, 0.4) is 0 Å². The van der Waals surface area contributed by atoms with Crippen LogP contribution < -0.4 is 10.9 Å². The molecule has 1 aromatic carbocycles. The summed E-state index contributed by atoms with van der Waals surface area (Å²) < 4.78 is 14.4. The molecule has 0 aliphatic carbocycles. The minimum atomic E-state index is -0.390. The van der Waals surface area contributed by atoms with Crippen molar-refractivity contribution in [3.63, 3.8) is 0 Å². The van der Waals surface area contributed by atoms with Gasteiger partial charge in [0.1, 0.15) is 5.82 Å². The van der Waals surface area contributed by atoms with Crippen LogP contribution in [0, 0.1) is 5.82 Å². The highest BCUT2D eigenvalue weighted by molar-refractivity contribution is 5.77. The molecule has 0 spiro atoms. The number of nitrogens with one attached hydrogen (secondary N) is 1. The smallest absolute Gasteiger partial charge is 0.262 e. The molecule has 1 atom stereocenters. The van der Waals surface area contributed by atoms with Crippen LogP contribution in [0.1, 0.15) is 13.1 Å². The number of hydrogen-bond acceptors (Lipinski definition) is 3. The lowest BCUT2D eigenvalue weighted by atomic mass is 10.2. The number of benzene rings is 1. The summed E-state index contributed by atoms with van der Waals surface area (Å²) in [5.74, 6) is -0.390. The quantitative estimate of drug-likeness (QED) is 0.830. The molecule has 1 unspecified atom stereocenters. The minimum absolute atomic E-state index is 0.144. The fourth-order valence-corrected chi connectivity index (χ4v) is 1.52. The normalized spacial score (nSPS) is 12.9. The van der Waals surface area contributed by atoms with E-state index in [-0.39, 0.29) is 17.5 Å². The third-order valence-electron chi connectivity index (χ3n) is 2.58. The predicted molar refractivity (Wildman–Crippen MR) is 59.7 cm³/mol. The summed E-state index contributed by atoms with van der Waals surface area (Å²) in [4.78, 5) is 16.1. The van der Waals surface area contributed by atoms with E-state index in [9.17, 15) is 9.18 Å². The summed E-state index contributed by atoms with van der Waals surface area (Å²) >= 11 is 0. The maximum atomic E-state index is 12.9. The van der Waals surface area contributed by atoms with E-state index < -0.39 is 0 Å². The maximum absolute atomic E-state index is 12.9. The molecule has 16 heavy (non-hydrogen) atoms. The Hall–Kier alpha value is -1.75. The van der Waals surface area contributed by atoms with E-state index in [1.54, 1.807) is 7.05 Å². The van der Waals surface area contributed by atoms with Crippen molar-refractivity contribution in [2.75, 3.05) is 7.05 Å². The standard InChI is InChI=1S/C11H12FN3O/c1-7(13-2)15-6-14-10-5-8(12)3-4-9(10)11(15)16/h3-7,13H,1-2H3. The molecule has 0 saturated heterocycles. The number of hydrogen-bond donors (Lipinski definition) is 1. The van der Waals surface area contributed by atoms with E-state index in [1.165, 1.54) is 29.1 Å². The van der Waals surface area contributed by atoms with Crippen molar-refractivity contribution in [3.05, 3.63) is 40.7 Å². The minimum Gasteiger partial charge on any atom is -0.300 e. The molecule has 0 saturated carbocycles. The van der Waals surface area contributed by atoms with Gasteiger partial charge in [-0.2, -0.15) is 0 Å². The SMILES string of the molecule is CNC(C)n1cnc2cc(F)ccc2c1=O. The molecule has 0 amide bonds. The molecule has 0 fully saturated rings. The van der Waals surface area contributed by atoms with Crippen LogP contribution >= 0.6 is 0 Å². The lowest BCUT2D eigenvalue weighted by Gasteiger charge is -2.13. The summed E-state index contributed by atoms with van der Waals surface area (Å²) in [6, 6.07) is 3.98. The number of nitrogens with zero attached hydrogens (tertiary/aromatic N) is 2. The monoisotopic (exact) mass is 221 g/mol. The van der Waals surface area contributed by atoms with Crippen LogP contribution in [0.25, 0.3) is 10.9 Å². The van der Waals surface area contributed by atoms with Crippen LogP contribution in [0.15, 0.2) is 29.3 Å². The first kappa shape index (κ1) is 10.8. The predicted octanol–water partition coefficient (Wildman–Crippen LogP) is 1.27. The molecule has 1 N–H and O–H groups in total. The summed E-state index contributed by atoms with van der Waals surface area (Å²) in [5.41, 5.74) is 0.205. The van der Waals surface area contributed by atoms with Gasteiger partial charge in [-0.25, -0.2) is 9.37 Å². The Bertz CT molecular complexity index is 579. The van der Waals surface area contributed by atoms with Crippen molar-refractivity contribution in [1.82, 2.24) is 14.9 Å². The molecule has 5 heteroatoms. The van der Waals surface area contributed by atoms with Gasteiger partial charge in [-0.3, -0.25) is 9.36 Å². The van der Waals surface area contributed by atoms with Crippen molar-refractivity contribution < 1.29 is 4.39 Å². The lowest BCUT2D eigenvalue weighted by molar-refractivity contribution is 0.460. The van der Waals surface area contributed by atoms with Gasteiger partial charge in [0.15, 0.2) is 0 Å².